The number of benzene rings is 1. The van der Waals surface area contributed by atoms with E-state index >= 15 is 0 Å². The minimum atomic E-state index is -3.65. The summed E-state index contributed by atoms with van der Waals surface area (Å²) in [5.41, 5.74) is 0.892. The third kappa shape index (κ3) is 3.05. The zero-order chi connectivity index (χ0) is 14.7. The summed E-state index contributed by atoms with van der Waals surface area (Å²) in [4.78, 5) is 0.935. The lowest BCUT2D eigenvalue weighted by Gasteiger charge is -2.17. The molecular weight excluding hydrogens is 306 g/mol. The van der Waals surface area contributed by atoms with Crippen LogP contribution in [-0.2, 0) is 10.0 Å². The van der Waals surface area contributed by atoms with E-state index in [4.69, 9.17) is 0 Å². The molecule has 0 saturated heterocycles. The Labute approximate surface area is 126 Å². The Morgan fingerprint density at radius 1 is 1.10 bits per heavy atom. The molecular formula is C14H13N3O2S2. The summed E-state index contributed by atoms with van der Waals surface area (Å²) in [5, 5.41) is 8.15. The van der Waals surface area contributed by atoms with E-state index in [2.05, 4.69) is 14.9 Å². The van der Waals surface area contributed by atoms with Crippen LogP contribution in [0.15, 0.2) is 65.1 Å². The van der Waals surface area contributed by atoms with Gasteiger partial charge in [-0.1, -0.05) is 36.4 Å². The third-order valence-corrected chi connectivity index (χ3v) is 5.29. The fraction of sp³-hybridized carbons (Fsp3) is 0.0714. The summed E-state index contributed by atoms with van der Waals surface area (Å²) in [6.07, 6.45) is 1.41. The first kappa shape index (κ1) is 14.0. The molecule has 0 aliphatic carbocycles. The summed E-state index contributed by atoms with van der Waals surface area (Å²) in [7, 11) is -3.65. The van der Waals surface area contributed by atoms with E-state index in [1.807, 2.05) is 47.8 Å². The second-order valence-corrected chi connectivity index (χ2v) is 7.06. The van der Waals surface area contributed by atoms with Crippen LogP contribution in [0.2, 0.25) is 0 Å². The lowest BCUT2D eigenvalue weighted by Crippen LogP contribution is -2.29. The van der Waals surface area contributed by atoms with E-state index in [0.717, 1.165) is 10.4 Å². The number of rotatable bonds is 5. The van der Waals surface area contributed by atoms with Crippen LogP contribution in [0.1, 0.15) is 16.5 Å². The molecule has 108 valence electrons. The SMILES string of the molecule is O=S(=O)(NC(c1ccccc1)c1cccs1)c1ccn[nH]1. The first-order chi connectivity index (χ1) is 10.2. The van der Waals surface area contributed by atoms with Gasteiger partial charge in [0.15, 0.2) is 5.03 Å². The van der Waals surface area contributed by atoms with Crippen molar-refractivity contribution in [1.82, 2.24) is 14.9 Å². The maximum Gasteiger partial charge on any atom is 0.258 e. The smallest absolute Gasteiger partial charge is 0.258 e. The molecule has 0 spiro atoms. The molecule has 0 aliphatic rings. The average molecular weight is 319 g/mol. The van der Waals surface area contributed by atoms with E-state index < -0.39 is 16.1 Å². The number of aromatic nitrogens is 2. The molecule has 1 atom stereocenters. The van der Waals surface area contributed by atoms with Crippen molar-refractivity contribution in [3.63, 3.8) is 0 Å². The minimum Gasteiger partial charge on any atom is -0.266 e. The highest BCUT2D eigenvalue weighted by molar-refractivity contribution is 7.89. The molecule has 3 rings (SSSR count). The normalized spacial score (nSPS) is 13.1. The number of sulfonamides is 1. The first-order valence-corrected chi connectivity index (χ1v) is 8.63. The Morgan fingerprint density at radius 2 is 1.90 bits per heavy atom. The molecule has 2 aromatic heterocycles. The Kier molecular flexibility index (Phi) is 3.87. The van der Waals surface area contributed by atoms with Gasteiger partial charge in [0, 0.05) is 4.88 Å². The van der Waals surface area contributed by atoms with Crippen molar-refractivity contribution in [3.05, 3.63) is 70.5 Å². The molecule has 0 radical (unpaired) electrons. The fourth-order valence-corrected chi connectivity index (χ4v) is 3.99. The van der Waals surface area contributed by atoms with Gasteiger partial charge in [-0.25, -0.2) is 8.42 Å². The lowest BCUT2D eigenvalue weighted by molar-refractivity contribution is 0.569. The molecule has 0 saturated carbocycles. The van der Waals surface area contributed by atoms with E-state index in [9.17, 15) is 8.42 Å². The number of aromatic amines is 1. The van der Waals surface area contributed by atoms with Gasteiger partial charge < -0.3 is 0 Å². The van der Waals surface area contributed by atoms with Crippen molar-refractivity contribution in [2.24, 2.45) is 0 Å². The summed E-state index contributed by atoms with van der Waals surface area (Å²) in [6, 6.07) is 14.3. The highest BCUT2D eigenvalue weighted by Crippen LogP contribution is 2.27. The second-order valence-electron chi connectivity index (χ2n) is 4.40. The fourth-order valence-electron chi connectivity index (χ4n) is 2.00. The van der Waals surface area contributed by atoms with Crippen molar-refractivity contribution < 1.29 is 8.42 Å². The van der Waals surface area contributed by atoms with Crippen LogP contribution < -0.4 is 4.72 Å². The number of thiophene rings is 1. The van der Waals surface area contributed by atoms with Gasteiger partial charge in [0.05, 0.1) is 12.2 Å². The van der Waals surface area contributed by atoms with Gasteiger partial charge in [0.2, 0.25) is 0 Å². The molecule has 3 aromatic rings. The number of nitrogens with one attached hydrogen (secondary N) is 2. The van der Waals surface area contributed by atoms with Crippen molar-refractivity contribution in [3.8, 4) is 0 Å². The van der Waals surface area contributed by atoms with Crippen LogP contribution in [0, 0.1) is 0 Å². The Morgan fingerprint density at radius 3 is 2.52 bits per heavy atom. The molecule has 0 bridgehead atoms. The van der Waals surface area contributed by atoms with Crippen LogP contribution in [0.3, 0.4) is 0 Å². The molecule has 2 N–H and O–H groups in total. The van der Waals surface area contributed by atoms with Crippen LogP contribution in [0.5, 0.6) is 0 Å². The predicted molar refractivity (Wildman–Crippen MR) is 81.5 cm³/mol. The predicted octanol–water partition coefficient (Wildman–Crippen LogP) is 2.54. The summed E-state index contributed by atoms with van der Waals surface area (Å²) >= 11 is 1.51. The van der Waals surface area contributed by atoms with E-state index in [1.54, 1.807) is 0 Å². The zero-order valence-electron chi connectivity index (χ0n) is 10.9. The molecule has 21 heavy (non-hydrogen) atoms. The van der Waals surface area contributed by atoms with Crippen LogP contribution in [0.25, 0.3) is 0 Å². The number of hydrogen-bond donors (Lipinski definition) is 2. The van der Waals surface area contributed by atoms with Gasteiger partial charge in [-0.3, -0.25) is 5.10 Å². The highest BCUT2D eigenvalue weighted by Gasteiger charge is 2.24. The summed E-state index contributed by atoms with van der Waals surface area (Å²) < 4.78 is 27.5. The third-order valence-electron chi connectivity index (χ3n) is 3.00. The van der Waals surface area contributed by atoms with Crippen molar-refractivity contribution in [2.75, 3.05) is 0 Å². The standard InChI is InChI=1S/C14H13N3O2S2/c18-21(19,13-8-9-15-16-13)17-14(12-7-4-10-20-12)11-5-2-1-3-6-11/h1-10,14,17H,(H,15,16). The Balaban J connectivity index is 1.98. The van der Waals surface area contributed by atoms with E-state index in [-0.39, 0.29) is 5.03 Å². The molecule has 7 heteroatoms. The van der Waals surface area contributed by atoms with Crippen LogP contribution in [-0.4, -0.2) is 18.6 Å². The van der Waals surface area contributed by atoms with Crippen LogP contribution in [0.4, 0.5) is 0 Å². The quantitative estimate of drug-likeness (QED) is 0.759. The van der Waals surface area contributed by atoms with Crippen LogP contribution >= 0.6 is 11.3 Å². The first-order valence-electron chi connectivity index (χ1n) is 6.27. The lowest BCUT2D eigenvalue weighted by atomic mass is 10.1. The van der Waals surface area contributed by atoms with Gasteiger partial charge >= 0.3 is 0 Å². The number of hydrogen-bond acceptors (Lipinski definition) is 4. The van der Waals surface area contributed by atoms with Crippen molar-refractivity contribution >= 4 is 21.4 Å². The molecule has 5 nitrogen and oxygen atoms in total. The topological polar surface area (TPSA) is 74.8 Å². The second kappa shape index (κ2) is 5.80. The minimum absolute atomic E-state index is 0.0555. The molecule has 0 aliphatic heterocycles. The monoisotopic (exact) mass is 319 g/mol. The van der Waals surface area contributed by atoms with E-state index in [0.29, 0.717) is 0 Å². The van der Waals surface area contributed by atoms with Crippen molar-refractivity contribution in [1.29, 1.82) is 0 Å². The van der Waals surface area contributed by atoms with Gasteiger partial charge in [-0.15, -0.1) is 11.3 Å². The highest BCUT2D eigenvalue weighted by atomic mass is 32.2. The van der Waals surface area contributed by atoms with Gasteiger partial charge in [0.25, 0.3) is 10.0 Å². The van der Waals surface area contributed by atoms with E-state index in [1.165, 1.54) is 23.6 Å². The molecule has 1 aromatic carbocycles. The van der Waals surface area contributed by atoms with Crippen molar-refractivity contribution in [2.45, 2.75) is 11.1 Å². The summed E-state index contributed by atoms with van der Waals surface area (Å²) in [5.74, 6) is 0. The van der Waals surface area contributed by atoms with Gasteiger partial charge in [0.1, 0.15) is 0 Å². The summed E-state index contributed by atoms with van der Waals surface area (Å²) in [6.45, 7) is 0. The Bertz CT molecular complexity index is 782. The largest absolute Gasteiger partial charge is 0.266 e. The average Bonchev–Trinajstić information content (AvgIpc) is 3.19. The molecule has 1 unspecified atom stereocenters. The van der Waals surface area contributed by atoms with Gasteiger partial charge in [-0.05, 0) is 23.1 Å². The molecule has 0 amide bonds. The molecule has 2 heterocycles. The maximum atomic E-state index is 12.4. The van der Waals surface area contributed by atoms with Gasteiger partial charge in [-0.2, -0.15) is 9.82 Å². The zero-order valence-corrected chi connectivity index (χ0v) is 12.6. The number of nitrogens with zero attached hydrogens (tertiary/aromatic N) is 1. The molecule has 0 fully saturated rings. The number of H-pyrrole nitrogens is 1. The maximum absolute atomic E-state index is 12.4. The Hall–Kier alpha value is -1.96.